The second-order valence-corrected chi connectivity index (χ2v) is 5.62. The van der Waals surface area contributed by atoms with Crippen molar-refractivity contribution in [2.45, 2.75) is 24.4 Å². The number of rotatable bonds is 7. The summed E-state index contributed by atoms with van der Waals surface area (Å²) in [6.07, 6.45) is -6.61. The van der Waals surface area contributed by atoms with E-state index >= 15 is 0 Å². The van der Waals surface area contributed by atoms with Gasteiger partial charge in [0, 0.05) is 19.7 Å². The Morgan fingerprint density at radius 3 is 2.29 bits per heavy atom. The van der Waals surface area contributed by atoms with Gasteiger partial charge in [-0.15, -0.1) is 0 Å². The molecular weight excluding hydrogens is 346 g/mol. The molecule has 0 unspecified atom stereocenters. The topological polar surface area (TPSA) is 116 Å². The maximum atomic E-state index is 13.5. The number of hydrogen-bond donors (Lipinski definition) is 6. The Hall–Kier alpha value is -1.43. The Bertz CT molecular complexity index is 566. The van der Waals surface area contributed by atoms with E-state index in [9.17, 15) is 29.2 Å². The van der Waals surface area contributed by atoms with Gasteiger partial charge in [0.05, 0.1) is 12.3 Å². The predicted octanol–water partition coefficient (Wildman–Crippen LogP) is -0.971. The molecule has 6 N–H and O–H groups in total. The Labute approximate surface area is 142 Å². The van der Waals surface area contributed by atoms with Crippen LogP contribution in [0, 0.1) is 11.6 Å². The highest BCUT2D eigenvalue weighted by Gasteiger charge is 2.31. The summed E-state index contributed by atoms with van der Waals surface area (Å²) in [4.78, 5) is 1.25. The molecule has 0 saturated carbocycles. The van der Waals surface area contributed by atoms with Crippen molar-refractivity contribution < 1.29 is 34.3 Å². The number of aliphatic hydroxyl groups excluding tert-OH is 5. The minimum Gasteiger partial charge on any atom is -0.394 e. The van der Waals surface area contributed by atoms with E-state index in [1.807, 2.05) is 0 Å². The van der Waals surface area contributed by atoms with E-state index in [-0.39, 0.29) is 17.3 Å². The van der Waals surface area contributed by atoms with E-state index in [1.165, 1.54) is 11.9 Å². The first-order chi connectivity index (χ1) is 11.2. The number of aliphatic hydroxyl groups is 5. The number of benzene rings is 1. The highest BCUT2D eigenvalue weighted by molar-refractivity contribution is 7.80. The number of anilines is 1. The molecule has 0 heterocycles. The normalized spacial score (nSPS) is 16.2. The standard InChI is InChI=1S/C14H20F2N2O5S/c1-18(5-10(20)12(22)13(23)11(21)6-19)14(24)17-9-3-2-7(15)4-8(9)16/h2-4,10-13,19-23H,5-6H2,1H3,(H,17,24)/t10-,11+,12+,13+/m0/s1. The molecule has 1 aromatic carbocycles. The molecule has 0 aliphatic rings. The monoisotopic (exact) mass is 366 g/mol. The summed E-state index contributed by atoms with van der Waals surface area (Å²) in [6, 6.07) is 2.87. The zero-order chi connectivity index (χ0) is 18.4. The van der Waals surface area contributed by atoms with Gasteiger partial charge in [-0.3, -0.25) is 0 Å². The molecule has 1 aromatic rings. The molecule has 0 fully saturated rings. The molecule has 0 saturated heterocycles. The quantitative estimate of drug-likeness (QED) is 0.342. The van der Waals surface area contributed by atoms with Crippen LogP contribution in [0.1, 0.15) is 0 Å². The Morgan fingerprint density at radius 1 is 1.17 bits per heavy atom. The average molecular weight is 366 g/mol. The summed E-state index contributed by atoms with van der Waals surface area (Å²) < 4.78 is 26.4. The van der Waals surface area contributed by atoms with Gasteiger partial charge >= 0.3 is 0 Å². The van der Waals surface area contributed by atoms with E-state index in [0.717, 1.165) is 12.1 Å². The zero-order valence-corrected chi connectivity index (χ0v) is 13.6. The number of nitrogens with one attached hydrogen (secondary N) is 1. The van der Waals surface area contributed by atoms with E-state index in [0.29, 0.717) is 6.07 Å². The molecule has 10 heteroatoms. The summed E-state index contributed by atoms with van der Waals surface area (Å²) in [6.45, 7) is -1.05. The van der Waals surface area contributed by atoms with E-state index in [2.05, 4.69) is 5.32 Å². The molecule has 136 valence electrons. The lowest BCUT2D eigenvalue weighted by Crippen LogP contribution is -2.50. The van der Waals surface area contributed by atoms with Crippen molar-refractivity contribution in [1.29, 1.82) is 0 Å². The summed E-state index contributed by atoms with van der Waals surface area (Å²) in [5.41, 5.74) is -0.0703. The van der Waals surface area contributed by atoms with E-state index in [1.54, 1.807) is 0 Å². The molecule has 0 aromatic heterocycles. The van der Waals surface area contributed by atoms with Crippen LogP contribution in [0.25, 0.3) is 0 Å². The molecule has 4 atom stereocenters. The smallest absolute Gasteiger partial charge is 0.173 e. The van der Waals surface area contributed by atoms with Crippen molar-refractivity contribution in [2.24, 2.45) is 0 Å². The van der Waals surface area contributed by atoms with Gasteiger partial charge in [0.2, 0.25) is 0 Å². The Balaban J connectivity index is 2.62. The molecule has 24 heavy (non-hydrogen) atoms. The molecular formula is C14H20F2N2O5S. The third-order valence-corrected chi connectivity index (χ3v) is 3.72. The summed E-state index contributed by atoms with van der Waals surface area (Å²) >= 11 is 5.01. The second-order valence-electron chi connectivity index (χ2n) is 5.23. The van der Waals surface area contributed by atoms with Gasteiger partial charge in [-0.1, -0.05) is 0 Å². The molecule has 0 radical (unpaired) electrons. The number of nitrogens with zero attached hydrogens (tertiary/aromatic N) is 1. The van der Waals surface area contributed by atoms with Gasteiger partial charge in [-0.2, -0.15) is 0 Å². The fourth-order valence-electron chi connectivity index (χ4n) is 1.84. The van der Waals surface area contributed by atoms with Crippen LogP contribution in [-0.4, -0.2) is 80.2 Å². The number of halogens is 2. The lowest BCUT2D eigenvalue weighted by molar-refractivity contribution is -0.116. The molecule has 0 amide bonds. The van der Waals surface area contributed by atoms with Crippen molar-refractivity contribution in [3.05, 3.63) is 29.8 Å². The van der Waals surface area contributed by atoms with Crippen molar-refractivity contribution in [2.75, 3.05) is 25.5 Å². The lowest BCUT2D eigenvalue weighted by atomic mass is 10.0. The third kappa shape index (κ3) is 5.58. The molecule has 7 nitrogen and oxygen atoms in total. The van der Waals surface area contributed by atoms with Gasteiger partial charge < -0.3 is 35.7 Å². The lowest BCUT2D eigenvalue weighted by Gasteiger charge is -2.29. The molecule has 0 bridgehead atoms. The largest absolute Gasteiger partial charge is 0.394 e. The third-order valence-electron chi connectivity index (χ3n) is 3.31. The van der Waals surface area contributed by atoms with Crippen molar-refractivity contribution >= 4 is 23.0 Å². The molecule has 0 aliphatic carbocycles. The minimum absolute atomic E-state index is 0.0241. The van der Waals surface area contributed by atoms with Crippen LogP contribution in [-0.2, 0) is 0 Å². The average Bonchev–Trinajstić information content (AvgIpc) is 2.54. The Kier molecular flexibility index (Phi) is 7.87. The van der Waals surface area contributed by atoms with Gasteiger partial charge in [0.1, 0.15) is 36.1 Å². The van der Waals surface area contributed by atoms with Gasteiger partial charge in [-0.25, -0.2) is 8.78 Å². The van der Waals surface area contributed by atoms with Crippen LogP contribution in [0.15, 0.2) is 18.2 Å². The van der Waals surface area contributed by atoms with Crippen LogP contribution < -0.4 is 5.32 Å². The molecule has 0 aliphatic heterocycles. The van der Waals surface area contributed by atoms with Crippen LogP contribution in [0.5, 0.6) is 0 Å². The Morgan fingerprint density at radius 2 is 1.75 bits per heavy atom. The number of thiocarbonyl (C=S) groups is 1. The highest BCUT2D eigenvalue weighted by Crippen LogP contribution is 2.15. The van der Waals surface area contributed by atoms with Crippen molar-refractivity contribution in [1.82, 2.24) is 4.90 Å². The molecule has 1 rings (SSSR count). The van der Waals surface area contributed by atoms with Crippen LogP contribution in [0.2, 0.25) is 0 Å². The van der Waals surface area contributed by atoms with E-state index in [4.69, 9.17) is 17.3 Å². The fraction of sp³-hybridized carbons (Fsp3) is 0.500. The molecule has 0 spiro atoms. The minimum atomic E-state index is -1.76. The first-order valence-corrected chi connectivity index (χ1v) is 7.38. The fourth-order valence-corrected chi connectivity index (χ4v) is 2.02. The van der Waals surface area contributed by atoms with Crippen molar-refractivity contribution in [3.8, 4) is 0 Å². The van der Waals surface area contributed by atoms with Gasteiger partial charge in [-0.05, 0) is 24.4 Å². The summed E-state index contributed by atoms with van der Waals surface area (Å²) in [5.74, 6) is -1.60. The first-order valence-electron chi connectivity index (χ1n) is 6.97. The highest BCUT2D eigenvalue weighted by atomic mass is 32.1. The van der Waals surface area contributed by atoms with Gasteiger partial charge in [0.25, 0.3) is 0 Å². The van der Waals surface area contributed by atoms with Crippen LogP contribution >= 0.6 is 12.2 Å². The van der Waals surface area contributed by atoms with Gasteiger partial charge in [0.15, 0.2) is 5.11 Å². The first kappa shape index (κ1) is 20.6. The summed E-state index contributed by atoms with van der Waals surface area (Å²) in [5, 5.41) is 49.5. The number of likely N-dealkylation sites (N-methyl/N-ethyl adjacent to an activating group) is 1. The van der Waals surface area contributed by atoms with Crippen molar-refractivity contribution in [3.63, 3.8) is 0 Å². The van der Waals surface area contributed by atoms with E-state index < -0.39 is 42.7 Å². The van der Waals surface area contributed by atoms with Crippen LogP contribution in [0.4, 0.5) is 14.5 Å². The maximum Gasteiger partial charge on any atom is 0.173 e. The number of hydrogen-bond acceptors (Lipinski definition) is 6. The summed E-state index contributed by atoms with van der Waals surface area (Å²) in [7, 11) is 1.43. The second kappa shape index (κ2) is 9.16. The SMILES string of the molecule is CN(C[C@H](O)[C@@H](O)[C@H](O)[C@H](O)CO)C(=S)Nc1ccc(F)cc1F. The zero-order valence-electron chi connectivity index (χ0n) is 12.8. The van der Waals surface area contributed by atoms with Crippen LogP contribution in [0.3, 0.4) is 0 Å². The predicted molar refractivity (Wildman–Crippen MR) is 86.3 cm³/mol. The maximum absolute atomic E-state index is 13.5.